The van der Waals surface area contributed by atoms with Gasteiger partial charge < -0.3 is 20.5 Å². The first kappa shape index (κ1) is 20.1. The first-order valence-electron chi connectivity index (χ1n) is 13.0. The van der Waals surface area contributed by atoms with Crippen molar-refractivity contribution in [3.63, 3.8) is 0 Å². The number of aromatic nitrogens is 3. The van der Waals surface area contributed by atoms with Gasteiger partial charge in [-0.1, -0.05) is 30.9 Å². The van der Waals surface area contributed by atoms with Crippen LogP contribution in [0.1, 0.15) is 54.3 Å². The van der Waals surface area contributed by atoms with Crippen LogP contribution in [0.5, 0.6) is 5.75 Å². The Hall–Kier alpha value is -3.34. The molecule has 0 spiro atoms. The Bertz CT molecular complexity index is 1290. The van der Waals surface area contributed by atoms with Crippen molar-refractivity contribution in [1.29, 1.82) is 0 Å². The molecule has 4 rings (SSSR count). The smallest absolute Gasteiger partial charge is 0.166 e. The topological polar surface area (TPSA) is 89.4 Å². The maximum atomic E-state index is 10.4. The molecule has 3 aromatic rings. The fourth-order valence-electron chi connectivity index (χ4n) is 3.84. The van der Waals surface area contributed by atoms with Crippen molar-refractivity contribution in [3.8, 4) is 28.7 Å². The number of piperidine rings is 1. The second-order valence-electron chi connectivity index (χ2n) is 8.80. The summed E-state index contributed by atoms with van der Waals surface area (Å²) in [5, 5.41) is 15.0. The van der Waals surface area contributed by atoms with Crippen molar-refractivity contribution in [2.24, 2.45) is 0 Å². The number of aliphatic hydroxyl groups is 1. The lowest BCUT2D eigenvalue weighted by atomic mass is 10.0. The van der Waals surface area contributed by atoms with Crippen LogP contribution in [0.4, 0.5) is 5.82 Å². The lowest BCUT2D eigenvalue weighted by molar-refractivity contribution is 0.118. The van der Waals surface area contributed by atoms with Crippen LogP contribution in [0.25, 0.3) is 11.1 Å². The van der Waals surface area contributed by atoms with Gasteiger partial charge >= 0.3 is 0 Å². The third kappa shape index (κ3) is 5.96. The Morgan fingerprint density at radius 1 is 1.26 bits per heavy atom. The fourth-order valence-corrected chi connectivity index (χ4v) is 3.84. The quantitative estimate of drug-likeness (QED) is 0.541. The summed E-state index contributed by atoms with van der Waals surface area (Å²) in [4.78, 5) is 6.64. The highest BCUT2D eigenvalue weighted by Gasteiger charge is 2.19. The molecule has 1 atom stereocenters. The molecule has 34 heavy (non-hydrogen) atoms. The maximum absolute atomic E-state index is 10.4. The van der Waals surface area contributed by atoms with Crippen LogP contribution in [-0.2, 0) is 6.61 Å². The van der Waals surface area contributed by atoms with E-state index in [1.54, 1.807) is 31.3 Å². The average molecular weight is 463 g/mol. The summed E-state index contributed by atoms with van der Waals surface area (Å²) in [6.07, 6.45) is 7.75. The third-order valence-corrected chi connectivity index (χ3v) is 6.13. The maximum Gasteiger partial charge on any atom is 0.166 e. The average Bonchev–Trinajstić information content (AvgIpc) is 3.37. The van der Waals surface area contributed by atoms with Gasteiger partial charge in [0.15, 0.2) is 11.6 Å². The molecule has 3 N–H and O–H groups in total. The second kappa shape index (κ2) is 10.3. The van der Waals surface area contributed by atoms with Crippen molar-refractivity contribution < 1.29 is 14.0 Å². The number of pyridine rings is 1. The molecule has 7 nitrogen and oxygen atoms in total. The Balaban J connectivity index is 1.46. The number of likely N-dealkylation sites (tertiary alicyclic amines) is 1. The van der Waals surface area contributed by atoms with Crippen molar-refractivity contribution in [1.82, 2.24) is 19.7 Å². The molecular weight excluding hydrogens is 426 g/mol. The normalized spacial score (nSPS) is 18.1. The molecule has 2 aromatic heterocycles. The highest BCUT2D eigenvalue weighted by molar-refractivity contribution is 5.65. The molecule has 7 heteroatoms. The minimum Gasteiger partial charge on any atom is -0.485 e. The molecule has 1 unspecified atom stereocenters. The monoisotopic (exact) mass is 462 g/mol. The van der Waals surface area contributed by atoms with E-state index in [4.69, 9.17) is 14.6 Å². The highest BCUT2D eigenvalue weighted by atomic mass is 16.5. The van der Waals surface area contributed by atoms with Crippen molar-refractivity contribution >= 4 is 5.82 Å². The lowest BCUT2D eigenvalue weighted by Gasteiger charge is -2.28. The van der Waals surface area contributed by atoms with Crippen LogP contribution in [0.3, 0.4) is 0 Å². The van der Waals surface area contributed by atoms with Crippen LogP contribution in [0, 0.1) is 11.8 Å². The van der Waals surface area contributed by atoms with E-state index >= 15 is 0 Å². The Morgan fingerprint density at radius 3 is 2.85 bits per heavy atom. The summed E-state index contributed by atoms with van der Waals surface area (Å²) in [6.45, 7) is 1.35. The molecule has 1 saturated heterocycles. The van der Waals surface area contributed by atoms with Gasteiger partial charge in [0.2, 0.25) is 0 Å². The number of nitrogen functional groups attached to an aromatic ring is 1. The highest BCUT2D eigenvalue weighted by Crippen LogP contribution is 2.29. The largest absolute Gasteiger partial charge is 0.485 e. The number of nitrogens with zero attached hydrogens (tertiary/aromatic N) is 4. The van der Waals surface area contributed by atoms with Gasteiger partial charge in [-0.3, -0.25) is 4.68 Å². The standard InChI is InChI=1S/C27H33N5O2/c1-4-27(2,33)11-8-20-6-5-7-21(14-20)19-34-25-15-22(16-29-26(25)28)23-17-30-32(18-23)24-9-12-31(3)13-10-24/h5-7,14-18,24,33H,4,9-10,12-13,19H2,1-3H3,(H2,28,29)/i2D3. The van der Waals surface area contributed by atoms with Gasteiger partial charge in [-0.05, 0) is 70.0 Å². The van der Waals surface area contributed by atoms with E-state index in [0.29, 0.717) is 17.4 Å². The summed E-state index contributed by atoms with van der Waals surface area (Å²) < 4.78 is 30.7. The second-order valence-corrected chi connectivity index (χ2v) is 8.80. The van der Waals surface area contributed by atoms with Gasteiger partial charge in [-0.25, -0.2) is 4.98 Å². The van der Waals surface area contributed by atoms with E-state index in [-0.39, 0.29) is 18.8 Å². The number of hydrogen-bond donors (Lipinski definition) is 2. The van der Waals surface area contributed by atoms with Gasteiger partial charge in [-0.2, -0.15) is 5.10 Å². The number of rotatable bonds is 6. The fraction of sp³-hybridized carbons (Fsp3) is 0.407. The van der Waals surface area contributed by atoms with Crippen LogP contribution in [0.2, 0.25) is 0 Å². The molecule has 0 bridgehead atoms. The van der Waals surface area contributed by atoms with Gasteiger partial charge in [-0.15, -0.1) is 0 Å². The van der Waals surface area contributed by atoms with E-state index in [2.05, 4.69) is 33.9 Å². The summed E-state index contributed by atoms with van der Waals surface area (Å²) in [5.74, 6) is 6.07. The van der Waals surface area contributed by atoms with E-state index < -0.39 is 12.5 Å². The molecule has 3 heterocycles. The van der Waals surface area contributed by atoms with E-state index in [1.165, 1.54) is 0 Å². The van der Waals surface area contributed by atoms with Crippen LogP contribution < -0.4 is 10.5 Å². The molecule has 1 fully saturated rings. The van der Waals surface area contributed by atoms with Crippen LogP contribution in [0.15, 0.2) is 48.9 Å². The molecule has 1 aromatic carbocycles. The summed E-state index contributed by atoms with van der Waals surface area (Å²) in [7, 11) is 2.14. The first-order chi connectivity index (χ1) is 17.6. The SMILES string of the molecule is [2H]C([2H])([2H])C(O)(C#Cc1cccc(COc2cc(-c3cnn(C4CCN(C)CC4)c3)cnc2N)c1)CC. The zero-order valence-corrected chi connectivity index (χ0v) is 19.7. The van der Waals surface area contributed by atoms with Gasteiger partial charge in [0.25, 0.3) is 0 Å². The predicted molar refractivity (Wildman–Crippen MR) is 134 cm³/mol. The molecule has 0 radical (unpaired) electrons. The minimum atomic E-state index is -2.59. The van der Waals surface area contributed by atoms with Gasteiger partial charge in [0, 0.05) is 33.2 Å². The number of anilines is 1. The zero-order chi connectivity index (χ0) is 26.6. The van der Waals surface area contributed by atoms with Crippen LogP contribution in [-0.4, -0.2) is 50.5 Å². The van der Waals surface area contributed by atoms with Gasteiger partial charge in [0.05, 0.1) is 12.2 Å². The molecule has 1 aliphatic rings. The summed E-state index contributed by atoms with van der Waals surface area (Å²) >= 11 is 0. The third-order valence-electron chi connectivity index (χ3n) is 6.13. The molecule has 1 aliphatic heterocycles. The molecule has 0 saturated carbocycles. The zero-order valence-electron chi connectivity index (χ0n) is 22.7. The number of hydrogen-bond acceptors (Lipinski definition) is 6. The van der Waals surface area contributed by atoms with Crippen molar-refractivity contribution in [2.45, 2.75) is 51.3 Å². The van der Waals surface area contributed by atoms with E-state index in [9.17, 15) is 5.11 Å². The van der Waals surface area contributed by atoms with Crippen molar-refractivity contribution in [3.05, 3.63) is 60.0 Å². The predicted octanol–water partition coefficient (Wildman–Crippen LogP) is 3.89. The molecule has 0 aliphatic carbocycles. The van der Waals surface area contributed by atoms with E-state index in [1.807, 2.05) is 29.2 Å². The van der Waals surface area contributed by atoms with Crippen molar-refractivity contribution in [2.75, 3.05) is 25.9 Å². The first-order valence-corrected chi connectivity index (χ1v) is 11.5. The van der Waals surface area contributed by atoms with E-state index in [0.717, 1.165) is 42.6 Å². The molecule has 178 valence electrons. The Kier molecular flexibility index (Phi) is 6.07. The number of ether oxygens (including phenoxy) is 1. The molecular formula is C27H33N5O2. The number of benzene rings is 1. The van der Waals surface area contributed by atoms with Gasteiger partial charge in [0.1, 0.15) is 12.2 Å². The summed E-state index contributed by atoms with van der Waals surface area (Å²) in [6, 6.07) is 9.48. The number of nitrogens with two attached hydrogens (primary N) is 1. The Morgan fingerprint density at radius 2 is 2.09 bits per heavy atom. The summed E-state index contributed by atoms with van der Waals surface area (Å²) in [5.41, 5.74) is 7.25. The molecule has 0 amide bonds. The Labute approximate surface area is 205 Å². The van der Waals surface area contributed by atoms with Crippen LogP contribution >= 0.6 is 0 Å². The minimum absolute atomic E-state index is 0.00117. The lowest BCUT2D eigenvalue weighted by Crippen LogP contribution is -2.31.